The molecule has 0 unspecified atom stereocenters. The lowest BCUT2D eigenvalue weighted by Gasteiger charge is -2.26. The smallest absolute Gasteiger partial charge is 0.328 e. The second-order valence-corrected chi connectivity index (χ2v) is 7.96. The van der Waals surface area contributed by atoms with Crippen LogP contribution in [0, 0.1) is 0 Å². The van der Waals surface area contributed by atoms with Crippen LogP contribution in [0.4, 0.5) is 5.82 Å². The Balaban J connectivity index is 1.63. The number of carboxylic acid groups (broad SMARTS) is 1. The van der Waals surface area contributed by atoms with Gasteiger partial charge in [0.25, 0.3) is 0 Å². The summed E-state index contributed by atoms with van der Waals surface area (Å²) in [6, 6.07) is 9.36. The van der Waals surface area contributed by atoms with Crippen LogP contribution in [0.1, 0.15) is 22.0 Å². The van der Waals surface area contributed by atoms with E-state index >= 15 is 0 Å². The van der Waals surface area contributed by atoms with E-state index in [4.69, 9.17) is 5.11 Å². The summed E-state index contributed by atoms with van der Waals surface area (Å²) in [6.07, 6.45) is 4.05. The Kier molecular flexibility index (Phi) is 5.73. The third kappa shape index (κ3) is 4.03. The van der Waals surface area contributed by atoms with E-state index in [1.165, 1.54) is 17.7 Å². The number of aromatic nitrogens is 2. The monoisotopic (exact) mass is 424 g/mol. The zero-order valence-corrected chi connectivity index (χ0v) is 16.8. The third-order valence-corrected chi connectivity index (χ3v) is 6.14. The van der Waals surface area contributed by atoms with Crippen LogP contribution in [0.15, 0.2) is 48.8 Å². The molecular weight excluding hydrogens is 404 g/mol. The van der Waals surface area contributed by atoms with Crippen molar-refractivity contribution < 1.29 is 19.8 Å². The number of aliphatic hydroxyl groups is 1. The summed E-state index contributed by atoms with van der Waals surface area (Å²) in [4.78, 5) is 35.2. The molecule has 154 valence electrons. The van der Waals surface area contributed by atoms with Crippen molar-refractivity contribution >= 4 is 39.2 Å². The molecule has 4 rings (SSSR count). The fourth-order valence-corrected chi connectivity index (χ4v) is 4.76. The summed E-state index contributed by atoms with van der Waals surface area (Å²) in [6.45, 7) is 0.804. The molecule has 1 aromatic carbocycles. The largest absolute Gasteiger partial charge is 0.478 e. The number of aliphatic hydroxyl groups excluding tert-OH is 1. The first-order valence-electron chi connectivity index (χ1n) is 9.44. The van der Waals surface area contributed by atoms with Gasteiger partial charge >= 0.3 is 5.97 Å². The summed E-state index contributed by atoms with van der Waals surface area (Å²) in [5.74, 6) is -0.814. The van der Waals surface area contributed by atoms with Gasteiger partial charge in [0.2, 0.25) is 5.91 Å². The van der Waals surface area contributed by atoms with Crippen LogP contribution in [0.2, 0.25) is 0 Å². The number of nitrogens with one attached hydrogen (secondary N) is 1. The van der Waals surface area contributed by atoms with Gasteiger partial charge in [-0.3, -0.25) is 4.79 Å². The maximum Gasteiger partial charge on any atom is 0.328 e. The molecule has 9 heteroatoms. The molecule has 0 aliphatic carbocycles. The van der Waals surface area contributed by atoms with E-state index in [2.05, 4.69) is 15.3 Å². The molecule has 1 atom stereocenters. The normalized spacial score (nSPS) is 14.6. The van der Waals surface area contributed by atoms with Crippen molar-refractivity contribution in [3.63, 3.8) is 0 Å². The average Bonchev–Trinajstić information content (AvgIpc) is 3.14. The molecule has 3 heterocycles. The number of nitrogens with zero attached hydrogens (tertiary/aromatic N) is 3. The van der Waals surface area contributed by atoms with Crippen LogP contribution in [-0.4, -0.2) is 50.1 Å². The maximum absolute atomic E-state index is 12.2. The Hall–Kier alpha value is -3.30. The molecule has 0 saturated heterocycles. The van der Waals surface area contributed by atoms with Gasteiger partial charge in [0.1, 0.15) is 17.0 Å². The molecule has 8 nitrogen and oxygen atoms in total. The molecule has 2 aromatic heterocycles. The van der Waals surface area contributed by atoms with Crippen LogP contribution in [-0.2, 0) is 22.6 Å². The second kappa shape index (κ2) is 8.60. The van der Waals surface area contributed by atoms with Crippen LogP contribution in [0.25, 0.3) is 10.2 Å². The van der Waals surface area contributed by atoms with Gasteiger partial charge in [0.15, 0.2) is 0 Å². The predicted molar refractivity (Wildman–Crippen MR) is 113 cm³/mol. The highest BCUT2D eigenvalue weighted by Crippen LogP contribution is 2.38. The molecule has 0 spiro atoms. The maximum atomic E-state index is 12.2. The summed E-state index contributed by atoms with van der Waals surface area (Å²) < 4.78 is 0. The van der Waals surface area contributed by atoms with Gasteiger partial charge in [-0.15, -0.1) is 11.3 Å². The van der Waals surface area contributed by atoms with Crippen molar-refractivity contribution in [2.24, 2.45) is 0 Å². The van der Waals surface area contributed by atoms with Crippen LogP contribution < -0.4 is 5.32 Å². The van der Waals surface area contributed by atoms with Gasteiger partial charge in [-0.25, -0.2) is 14.8 Å². The number of thiophene rings is 1. The van der Waals surface area contributed by atoms with E-state index in [9.17, 15) is 14.7 Å². The lowest BCUT2D eigenvalue weighted by molar-refractivity contribution is -0.132. The zero-order valence-electron chi connectivity index (χ0n) is 16.0. The number of aliphatic carboxylic acids is 1. The number of hydrogen-bond acceptors (Lipinski definition) is 7. The highest BCUT2D eigenvalue weighted by molar-refractivity contribution is 7.19. The van der Waals surface area contributed by atoms with E-state index in [-0.39, 0.29) is 18.6 Å². The summed E-state index contributed by atoms with van der Waals surface area (Å²) in [5, 5.41) is 22.9. The van der Waals surface area contributed by atoms with Crippen molar-refractivity contribution in [1.29, 1.82) is 0 Å². The van der Waals surface area contributed by atoms with Gasteiger partial charge < -0.3 is 20.4 Å². The zero-order chi connectivity index (χ0) is 21.1. The number of carbonyl (C=O) groups is 2. The van der Waals surface area contributed by atoms with Crippen molar-refractivity contribution in [2.75, 3.05) is 18.5 Å². The molecule has 1 aliphatic rings. The fraction of sp³-hybridized carbons (Fsp3) is 0.238. The summed E-state index contributed by atoms with van der Waals surface area (Å²) in [7, 11) is 0. The average molecular weight is 424 g/mol. The van der Waals surface area contributed by atoms with Crippen LogP contribution in [0.5, 0.6) is 0 Å². The molecule has 1 aliphatic heterocycles. The Bertz CT molecular complexity index is 1110. The highest BCUT2D eigenvalue weighted by atomic mass is 32.1. The van der Waals surface area contributed by atoms with E-state index < -0.39 is 5.97 Å². The quantitative estimate of drug-likeness (QED) is 0.520. The molecule has 1 amide bonds. The van der Waals surface area contributed by atoms with Gasteiger partial charge in [-0.1, -0.05) is 30.3 Å². The number of carboxylic acids is 1. The third-order valence-electron chi connectivity index (χ3n) is 5.01. The standard InChI is InChI=1S/C21H20N4O4S/c26-11-15(13-4-2-1-3-5-13)24-20-19-14-8-9-25(17(27)6-7-18(28)29)10-16(14)30-21(19)23-12-22-20/h1-7,12,15,26H,8-11H2,(H,28,29)(H,22,23,24)/b7-6+/t15-/m1/s1. The number of rotatable bonds is 6. The first kappa shape index (κ1) is 20.0. The molecular formula is C21H20N4O4S. The minimum atomic E-state index is -1.15. The van der Waals surface area contributed by atoms with E-state index in [1.807, 2.05) is 30.3 Å². The number of amides is 1. The molecule has 0 radical (unpaired) electrons. The summed E-state index contributed by atoms with van der Waals surface area (Å²) in [5.41, 5.74) is 2.05. The molecule has 0 saturated carbocycles. The second-order valence-electron chi connectivity index (χ2n) is 6.88. The SMILES string of the molecule is O=C(O)/C=C/C(=O)N1CCc2c(sc3ncnc(N[C@H](CO)c4ccccc4)c23)C1. The Labute approximate surface area is 176 Å². The molecule has 30 heavy (non-hydrogen) atoms. The van der Waals surface area contributed by atoms with Crippen molar-refractivity contribution in [1.82, 2.24) is 14.9 Å². The van der Waals surface area contributed by atoms with Gasteiger partial charge in [-0.05, 0) is 17.5 Å². The number of carbonyl (C=O) groups excluding carboxylic acids is 1. The van der Waals surface area contributed by atoms with E-state index in [0.29, 0.717) is 25.3 Å². The Morgan fingerprint density at radius 2 is 2.03 bits per heavy atom. The highest BCUT2D eigenvalue weighted by Gasteiger charge is 2.26. The predicted octanol–water partition coefficient (Wildman–Crippen LogP) is 2.36. The molecule has 0 bridgehead atoms. The van der Waals surface area contributed by atoms with Gasteiger partial charge in [-0.2, -0.15) is 0 Å². The minimum Gasteiger partial charge on any atom is -0.478 e. The molecule has 3 aromatic rings. The van der Waals surface area contributed by atoms with Crippen molar-refractivity contribution in [3.05, 3.63) is 64.8 Å². The molecule has 0 fully saturated rings. The van der Waals surface area contributed by atoms with E-state index in [0.717, 1.165) is 38.4 Å². The topological polar surface area (TPSA) is 116 Å². The van der Waals surface area contributed by atoms with Gasteiger partial charge in [0, 0.05) is 23.6 Å². The number of hydrogen-bond donors (Lipinski definition) is 3. The Morgan fingerprint density at radius 3 is 2.77 bits per heavy atom. The van der Waals surface area contributed by atoms with Crippen molar-refractivity contribution in [2.45, 2.75) is 19.0 Å². The first-order chi connectivity index (χ1) is 14.6. The lowest BCUT2D eigenvalue weighted by atomic mass is 10.0. The number of benzene rings is 1. The van der Waals surface area contributed by atoms with Crippen LogP contribution >= 0.6 is 11.3 Å². The number of anilines is 1. The summed E-state index contributed by atoms with van der Waals surface area (Å²) >= 11 is 1.50. The number of fused-ring (bicyclic) bond motifs is 3. The molecule has 3 N–H and O–H groups in total. The minimum absolute atomic E-state index is 0.0833. The fourth-order valence-electron chi connectivity index (χ4n) is 3.56. The van der Waals surface area contributed by atoms with Gasteiger partial charge in [0.05, 0.1) is 24.6 Å². The van der Waals surface area contributed by atoms with E-state index in [1.54, 1.807) is 4.90 Å². The van der Waals surface area contributed by atoms with Crippen molar-refractivity contribution in [3.8, 4) is 0 Å². The first-order valence-corrected chi connectivity index (χ1v) is 10.3. The lowest BCUT2D eigenvalue weighted by Crippen LogP contribution is -2.34. The van der Waals surface area contributed by atoms with Crippen LogP contribution in [0.3, 0.4) is 0 Å². The Morgan fingerprint density at radius 1 is 1.23 bits per heavy atom.